The van der Waals surface area contributed by atoms with Crippen molar-refractivity contribution in [2.24, 2.45) is 16.6 Å². The summed E-state index contributed by atoms with van der Waals surface area (Å²) in [6.07, 6.45) is 1.93. The van der Waals surface area contributed by atoms with E-state index in [1.807, 2.05) is 25.8 Å². The molecule has 4 nitrogen and oxygen atoms in total. The van der Waals surface area contributed by atoms with Gasteiger partial charge in [-0.3, -0.25) is 10.7 Å². The van der Waals surface area contributed by atoms with Crippen molar-refractivity contribution in [1.29, 1.82) is 0 Å². The zero-order valence-electron chi connectivity index (χ0n) is 14.1. The Balaban J connectivity index is 2.13. The van der Waals surface area contributed by atoms with Gasteiger partial charge in [-0.1, -0.05) is 37.8 Å². The average Bonchev–Trinajstić information content (AvgIpc) is 2.48. The Hall–Kier alpha value is -1.81. The van der Waals surface area contributed by atoms with Crippen molar-refractivity contribution in [3.63, 3.8) is 0 Å². The summed E-state index contributed by atoms with van der Waals surface area (Å²) < 4.78 is 0. The summed E-state index contributed by atoms with van der Waals surface area (Å²) in [4.78, 5) is 6.26. The number of benzene rings is 1. The highest BCUT2D eigenvalue weighted by Gasteiger charge is 2.27. The molecular formula is C18H28N4. The fraction of sp³-hybridized carbons (Fsp3) is 0.500. The molecule has 0 bridgehead atoms. The molecule has 0 radical (unpaired) electrons. The van der Waals surface area contributed by atoms with Gasteiger partial charge in [0.15, 0.2) is 6.29 Å². The molecule has 3 atom stereocenters. The number of nitrogens with zero attached hydrogens (tertiary/aromatic N) is 2. The lowest BCUT2D eigenvalue weighted by Crippen LogP contribution is -2.43. The van der Waals surface area contributed by atoms with Gasteiger partial charge in [0.2, 0.25) is 0 Å². The second-order valence-corrected chi connectivity index (χ2v) is 6.38. The largest absolute Gasteiger partial charge is 0.365 e. The van der Waals surface area contributed by atoms with Crippen LogP contribution in [0, 0.1) is 5.92 Å². The number of nitrogens with one attached hydrogen (secondary N) is 1. The minimum Gasteiger partial charge on any atom is -0.365 e. The Bertz CT molecular complexity index is 560. The second kappa shape index (κ2) is 6.97. The third-order valence-corrected chi connectivity index (χ3v) is 4.36. The molecule has 3 N–H and O–H groups in total. The summed E-state index contributed by atoms with van der Waals surface area (Å²) >= 11 is 0. The Labute approximate surface area is 134 Å². The van der Waals surface area contributed by atoms with E-state index in [-0.39, 0.29) is 6.04 Å². The summed E-state index contributed by atoms with van der Waals surface area (Å²) in [5, 5.41) is 3.56. The molecule has 1 aliphatic rings. The van der Waals surface area contributed by atoms with Crippen molar-refractivity contribution >= 4 is 5.71 Å². The first-order valence-electron chi connectivity index (χ1n) is 7.92. The molecule has 0 heterocycles. The number of nitrogens with two attached hydrogens (primary N) is 1. The molecule has 0 aliphatic heterocycles. The topological polar surface area (TPSA) is 53.6 Å². The third-order valence-electron chi connectivity index (χ3n) is 4.36. The molecule has 1 aromatic carbocycles. The first-order chi connectivity index (χ1) is 10.4. The first-order valence-corrected chi connectivity index (χ1v) is 7.92. The standard InChI is InChI=1S/C18H28N4/c1-12(2)20-18(19)22(5)14(4)21-17-13(3)10-11-15-8-6-7-9-16(15)17/h6-9,13,17-18,21H,4,10-11,19H2,1-3,5H3. The van der Waals surface area contributed by atoms with E-state index in [2.05, 4.69) is 48.1 Å². The molecule has 0 amide bonds. The smallest absolute Gasteiger partial charge is 0.174 e. The van der Waals surface area contributed by atoms with Gasteiger partial charge in [0.25, 0.3) is 0 Å². The molecule has 2 rings (SSSR count). The van der Waals surface area contributed by atoms with Crippen LogP contribution in [0.15, 0.2) is 41.7 Å². The van der Waals surface area contributed by atoms with Crippen molar-refractivity contribution in [2.45, 2.75) is 45.9 Å². The van der Waals surface area contributed by atoms with E-state index < -0.39 is 6.29 Å². The fourth-order valence-electron chi connectivity index (χ4n) is 2.93. The lowest BCUT2D eigenvalue weighted by molar-refractivity contribution is 0.265. The summed E-state index contributed by atoms with van der Waals surface area (Å²) in [5.74, 6) is 1.37. The normalized spacial score (nSPS) is 21.5. The van der Waals surface area contributed by atoms with Crippen molar-refractivity contribution < 1.29 is 0 Å². The Morgan fingerprint density at radius 2 is 2.09 bits per heavy atom. The van der Waals surface area contributed by atoms with Gasteiger partial charge in [-0.15, -0.1) is 0 Å². The molecule has 1 aromatic rings. The van der Waals surface area contributed by atoms with E-state index in [4.69, 9.17) is 5.73 Å². The Morgan fingerprint density at radius 1 is 1.41 bits per heavy atom. The monoisotopic (exact) mass is 300 g/mol. The predicted molar refractivity (Wildman–Crippen MR) is 93.5 cm³/mol. The van der Waals surface area contributed by atoms with Gasteiger partial charge < -0.3 is 10.2 Å². The Kier molecular flexibility index (Phi) is 5.24. The van der Waals surface area contributed by atoms with Gasteiger partial charge in [0.1, 0.15) is 0 Å². The molecule has 0 saturated carbocycles. The van der Waals surface area contributed by atoms with Crippen LogP contribution in [0.2, 0.25) is 0 Å². The lowest BCUT2D eigenvalue weighted by atomic mass is 9.81. The summed E-state index contributed by atoms with van der Waals surface area (Å²) in [7, 11) is 1.92. The van der Waals surface area contributed by atoms with Crippen molar-refractivity contribution in [3.05, 3.63) is 47.8 Å². The van der Waals surface area contributed by atoms with Crippen LogP contribution in [-0.2, 0) is 6.42 Å². The summed E-state index contributed by atoms with van der Waals surface area (Å²) in [6, 6.07) is 8.93. The van der Waals surface area contributed by atoms with E-state index in [1.165, 1.54) is 17.5 Å². The third kappa shape index (κ3) is 3.69. The summed E-state index contributed by atoms with van der Waals surface area (Å²) in [6.45, 7) is 10.3. The lowest BCUT2D eigenvalue weighted by Gasteiger charge is -2.36. The van der Waals surface area contributed by atoms with Gasteiger partial charge >= 0.3 is 0 Å². The van der Waals surface area contributed by atoms with E-state index in [0.29, 0.717) is 5.92 Å². The molecular weight excluding hydrogens is 272 g/mol. The van der Waals surface area contributed by atoms with Crippen LogP contribution < -0.4 is 11.1 Å². The van der Waals surface area contributed by atoms with Gasteiger partial charge in [-0.2, -0.15) is 0 Å². The van der Waals surface area contributed by atoms with Crippen LogP contribution in [0.25, 0.3) is 0 Å². The number of aliphatic imine (C=N–C) groups is 1. The molecule has 3 unspecified atom stereocenters. The number of hydrogen-bond donors (Lipinski definition) is 2. The number of fused-ring (bicyclic) bond motifs is 1. The van der Waals surface area contributed by atoms with E-state index in [9.17, 15) is 0 Å². The number of hydrogen-bond acceptors (Lipinski definition) is 4. The maximum absolute atomic E-state index is 6.09. The zero-order valence-corrected chi connectivity index (χ0v) is 14.1. The number of rotatable bonds is 5. The minimum atomic E-state index is -0.404. The van der Waals surface area contributed by atoms with Crippen molar-refractivity contribution in [2.75, 3.05) is 7.05 Å². The molecule has 0 aromatic heterocycles. The maximum atomic E-state index is 6.09. The van der Waals surface area contributed by atoms with Crippen LogP contribution in [0.4, 0.5) is 0 Å². The maximum Gasteiger partial charge on any atom is 0.174 e. The van der Waals surface area contributed by atoms with Crippen LogP contribution >= 0.6 is 0 Å². The van der Waals surface area contributed by atoms with Crippen LogP contribution in [-0.4, -0.2) is 23.9 Å². The van der Waals surface area contributed by atoms with Crippen LogP contribution in [0.3, 0.4) is 0 Å². The van der Waals surface area contributed by atoms with E-state index >= 15 is 0 Å². The highest BCUT2D eigenvalue weighted by Crippen LogP contribution is 2.34. The highest BCUT2D eigenvalue weighted by molar-refractivity contribution is 5.79. The molecule has 120 valence electrons. The Morgan fingerprint density at radius 3 is 2.77 bits per heavy atom. The van der Waals surface area contributed by atoms with E-state index in [1.54, 1.807) is 0 Å². The SMILES string of the molecule is C=C(NC1c2ccccc2CCC1C)N(C)C(N)N=C(C)C. The van der Waals surface area contributed by atoms with Crippen LogP contribution in [0.1, 0.15) is 44.4 Å². The van der Waals surface area contributed by atoms with Crippen LogP contribution in [0.5, 0.6) is 0 Å². The molecule has 4 heteroatoms. The predicted octanol–water partition coefficient (Wildman–Crippen LogP) is 3.03. The fourth-order valence-corrected chi connectivity index (χ4v) is 2.93. The second-order valence-electron chi connectivity index (χ2n) is 6.38. The molecule has 22 heavy (non-hydrogen) atoms. The quantitative estimate of drug-likeness (QED) is 0.649. The van der Waals surface area contributed by atoms with Crippen molar-refractivity contribution in [3.8, 4) is 0 Å². The molecule has 0 spiro atoms. The van der Waals surface area contributed by atoms with Gasteiger partial charge in [0, 0.05) is 12.8 Å². The van der Waals surface area contributed by atoms with Gasteiger partial charge in [-0.25, -0.2) is 0 Å². The molecule has 1 aliphatic carbocycles. The first kappa shape index (κ1) is 16.6. The van der Waals surface area contributed by atoms with Crippen molar-refractivity contribution in [1.82, 2.24) is 10.2 Å². The molecule has 0 fully saturated rings. The average molecular weight is 300 g/mol. The van der Waals surface area contributed by atoms with E-state index in [0.717, 1.165) is 18.0 Å². The van der Waals surface area contributed by atoms with Gasteiger partial charge in [0.05, 0.1) is 11.9 Å². The van der Waals surface area contributed by atoms with Gasteiger partial charge in [-0.05, 0) is 43.7 Å². The number of aryl methyl sites for hydroxylation is 1. The summed E-state index contributed by atoms with van der Waals surface area (Å²) in [5.41, 5.74) is 9.86. The zero-order chi connectivity index (χ0) is 16.3. The minimum absolute atomic E-state index is 0.277. The highest BCUT2D eigenvalue weighted by atomic mass is 15.4. The molecule has 0 saturated heterocycles.